The molecule has 0 saturated carbocycles. The van der Waals surface area contributed by atoms with Gasteiger partial charge in [0, 0.05) is 6.04 Å². The maximum absolute atomic E-state index is 3.97. The summed E-state index contributed by atoms with van der Waals surface area (Å²) in [4.78, 5) is 0. The van der Waals surface area contributed by atoms with Crippen molar-refractivity contribution in [1.82, 2.24) is 5.32 Å². The SMILES string of the molecule is C=C[C@]1(NC(C)Cc2ccccc2)C=CC=CC1. The molecule has 0 heterocycles. The van der Waals surface area contributed by atoms with E-state index in [-0.39, 0.29) is 5.54 Å². The highest BCUT2D eigenvalue weighted by Gasteiger charge is 2.24. The first-order valence-corrected chi connectivity index (χ1v) is 6.54. The predicted octanol–water partition coefficient (Wildman–Crippen LogP) is 3.65. The van der Waals surface area contributed by atoms with Crippen molar-refractivity contribution < 1.29 is 0 Å². The molecule has 1 aromatic carbocycles. The zero-order chi connectivity index (χ0) is 12.8. The summed E-state index contributed by atoms with van der Waals surface area (Å²) >= 11 is 0. The number of allylic oxidation sites excluding steroid dienone is 2. The monoisotopic (exact) mass is 239 g/mol. The standard InChI is InChI=1S/C17H21N/c1-3-17(12-8-5-9-13-17)18-15(2)14-16-10-6-4-7-11-16/h3-12,15,18H,1,13-14H2,2H3/t15?,17-/m0/s1. The third-order valence-electron chi connectivity index (χ3n) is 3.36. The minimum absolute atomic E-state index is 0.0804. The molecular weight excluding hydrogens is 218 g/mol. The fourth-order valence-corrected chi connectivity index (χ4v) is 2.43. The van der Waals surface area contributed by atoms with Gasteiger partial charge in [0.25, 0.3) is 0 Å². The molecule has 0 saturated heterocycles. The second kappa shape index (κ2) is 5.83. The summed E-state index contributed by atoms with van der Waals surface area (Å²) in [5.41, 5.74) is 1.29. The lowest BCUT2D eigenvalue weighted by atomic mass is 9.90. The van der Waals surface area contributed by atoms with Crippen LogP contribution in [0.2, 0.25) is 0 Å². The molecule has 0 aliphatic heterocycles. The van der Waals surface area contributed by atoms with E-state index in [9.17, 15) is 0 Å². The van der Waals surface area contributed by atoms with Gasteiger partial charge in [0.1, 0.15) is 0 Å². The van der Waals surface area contributed by atoms with Gasteiger partial charge in [-0.05, 0) is 25.3 Å². The molecule has 1 N–H and O–H groups in total. The number of rotatable bonds is 5. The van der Waals surface area contributed by atoms with Crippen molar-refractivity contribution in [3.05, 3.63) is 72.9 Å². The third kappa shape index (κ3) is 3.21. The highest BCUT2D eigenvalue weighted by molar-refractivity contribution is 5.27. The molecule has 1 unspecified atom stereocenters. The Morgan fingerprint density at radius 2 is 2.11 bits per heavy atom. The second-order valence-electron chi connectivity index (χ2n) is 4.97. The van der Waals surface area contributed by atoms with Gasteiger partial charge in [-0.2, -0.15) is 0 Å². The Labute approximate surface area is 110 Å². The summed E-state index contributed by atoms with van der Waals surface area (Å²) in [6.45, 7) is 6.20. The number of hydrogen-bond acceptors (Lipinski definition) is 1. The van der Waals surface area contributed by atoms with E-state index in [0.717, 1.165) is 12.8 Å². The lowest BCUT2D eigenvalue weighted by Crippen LogP contribution is -2.47. The molecule has 1 aliphatic rings. The normalized spacial score (nSPS) is 23.8. The van der Waals surface area contributed by atoms with Gasteiger partial charge in [-0.25, -0.2) is 0 Å². The molecule has 1 nitrogen and oxygen atoms in total. The molecular formula is C17H21N. The fourth-order valence-electron chi connectivity index (χ4n) is 2.43. The van der Waals surface area contributed by atoms with Crippen LogP contribution in [0.25, 0.3) is 0 Å². The van der Waals surface area contributed by atoms with Crippen LogP contribution in [0.1, 0.15) is 18.9 Å². The first kappa shape index (κ1) is 12.8. The Hall–Kier alpha value is -1.60. The predicted molar refractivity (Wildman–Crippen MR) is 78.6 cm³/mol. The number of nitrogens with one attached hydrogen (secondary N) is 1. The molecule has 0 fully saturated rings. The summed E-state index contributed by atoms with van der Waals surface area (Å²) in [6, 6.07) is 11.0. The smallest absolute Gasteiger partial charge is 0.0587 e. The molecule has 1 aliphatic carbocycles. The van der Waals surface area contributed by atoms with E-state index in [0.29, 0.717) is 6.04 Å². The lowest BCUT2D eigenvalue weighted by molar-refractivity contribution is 0.417. The van der Waals surface area contributed by atoms with Crippen LogP contribution in [-0.4, -0.2) is 11.6 Å². The van der Waals surface area contributed by atoms with Crippen LogP contribution < -0.4 is 5.32 Å². The zero-order valence-electron chi connectivity index (χ0n) is 11.0. The van der Waals surface area contributed by atoms with Gasteiger partial charge >= 0.3 is 0 Å². The Bertz CT molecular complexity index is 444. The first-order chi connectivity index (χ1) is 8.74. The van der Waals surface area contributed by atoms with E-state index in [1.807, 2.05) is 6.08 Å². The maximum atomic E-state index is 3.97. The van der Waals surface area contributed by atoms with Gasteiger partial charge in [-0.1, -0.05) is 60.7 Å². The first-order valence-electron chi connectivity index (χ1n) is 6.54. The Morgan fingerprint density at radius 3 is 2.72 bits per heavy atom. The van der Waals surface area contributed by atoms with Crippen molar-refractivity contribution in [3.63, 3.8) is 0 Å². The minimum Gasteiger partial charge on any atom is -0.302 e. The van der Waals surface area contributed by atoms with Crippen LogP contribution in [0.4, 0.5) is 0 Å². The van der Waals surface area contributed by atoms with Crippen LogP contribution in [0.15, 0.2) is 67.3 Å². The van der Waals surface area contributed by atoms with Gasteiger partial charge in [0.05, 0.1) is 5.54 Å². The van der Waals surface area contributed by atoms with Crippen LogP contribution >= 0.6 is 0 Å². The van der Waals surface area contributed by atoms with Gasteiger partial charge in [-0.15, -0.1) is 6.58 Å². The molecule has 18 heavy (non-hydrogen) atoms. The summed E-state index contributed by atoms with van der Waals surface area (Å²) < 4.78 is 0. The van der Waals surface area contributed by atoms with Crippen LogP contribution in [0.5, 0.6) is 0 Å². The van der Waals surface area contributed by atoms with Gasteiger partial charge in [0.2, 0.25) is 0 Å². The minimum atomic E-state index is -0.0804. The summed E-state index contributed by atoms with van der Waals surface area (Å²) in [5, 5.41) is 3.67. The molecule has 0 bridgehead atoms. The molecule has 0 amide bonds. The van der Waals surface area contributed by atoms with Crippen molar-refractivity contribution >= 4 is 0 Å². The van der Waals surface area contributed by atoms with Crippen LogP contribution in [-0.2, 0) is 6.42 Å². The molecule has 2 rings (SSSR count). The topological polar surface area (TPSA) is 12.0 Å². The van der Waals surface area contributed by atoms with E-state index < -0.39 is 0 Å². The molecule has 1 aromatic rings. The molecule has 2 atom stereocenters. The maximum Gasteiger partial charge on any atom is 0.0587 e. The molecule has 0 spiro atoms. The third-order valence-corrected chi connectivity index (χ3v) is 3.36. The largest absolute Gasteiger partial charge is 0.302 e. The Kier molecular flexibility index (Phi) is 4.16. The molecule has 0 radical (unpaired) electrons. The highest BCUT2D eigenvalue weighted by Crippen LogP contribution is 2.20. The van der Waals surface area contributed by atoms with E-state index in [1.54, 1.807) is 0 Å². The van der Waals surface area contributed by atoms with E-state index in [1.165, 1.54) is 5.56 Å². The van der Waals surface area contributed by atoms with Crippen molar-refractivity contribution in [2.24, 2.45) is 0 Å². The van der Waals surface area contributed by atoms with E-state index in [4.69, 9.17) is 0 Å². The molecule has 94 valence electrons. The highest BCUT2D eigenvalue weighted by atomic mass is 15.0. The molecule has 0 aromatic heterocycles. The lowest BCUT2D eigenvalue weighted by Gasteiger charge is -2.32. The fraction of sp³-hybridized carbons (Fsp3) is 0.294. The average Bonchev–Trinajstić information content (AvgIpc) is 2.41. The number of hydrogen-bond donors (Lipinski definition) is 1. The van der Waals surface area contributed by atoms with E-state index in [2.05, 4.69) is 73.5 Å². The van der Waals surface area contributed by atoms with Crippen molar-refractivity contribution in [2.75, 3.05) is 0 Å². The summed E-state index contributed by atoms with van der Waals surface area (Å²) in [5.74, 6) is 0. The van der Waals surface area contributed by atoms with Gasteiger partial charge < -0.3 is 5.32 Å². The van der Waals surface area contributed by atoms with Crippen LogP contribution in [0.3, 0.4) is 0 Å². The van der Waals surface area contributed by atoms with Gasteiger partial charge in [-0.3, -0.25) is 0 Å². The van der Waals surface area contributed by atoms with Crippen molar-refractivity contribution in [2.45, 2.75) is 31.3 Å². The number of benzene rings is 1. The Morgan fingerprint density at radius 1 is 1.33 bits per heavy atom. The quantitative estimate of drug-likeness (QED) is 0.773. The average molecular weight is 239 g/mol. The zero-order valence-corrected chi connectivity index (χ0v) is 11.0. The summed E-state index contributed by atoms with van der Waals surface area (Å²) in [7, 11) is 0. The Balaban J connectivity index is 1.98. The molecule has 1 heteroatoms. The van der Waals surface area contributed by atoms with E-state index >= 15 is 0 Å². The van der Waals surface area contributed by atoms with Crippen LogP contribution in [0, 0.1) is 0 Å². The van der Waals surface area contributed by atoms with Crippen molar-refractivity contribution in [3.8, 4) is 0 Å². The van der Waals surface area contributed by atoms with Gasteiger partial charge in [0.15, 0.2) is 0 Å². The van der Waals surface area contributed by atoms with Crippen molar-refractivity contribution in [1.29, 1.82) is 0 Å². The second-order valence-corrected chi connectivity index (χ2v) is 4.97. The summed E-state index contributed by atoms with van der Waals surface area (Å²) in [6.07, 6.45) is 12.6.